The molecule has 0 aliphatic carbocycles. The molecule has 0 aromatic heterocycles. The van der Waals surface area contributed by atoms with Gasteiger partial charge in [-0.1, -0.05) is 168 Å². The number of aliphatic hydroxyl groups is 1. The topological polar surface area (TPSA) is 119 Å². The molecule has 0 amide bonds. The van der Waals surface area contributed by atoms with Crippen molar-refractivity contribution in [3.63, 3.8) is 0 Å². The smallest absolute Gasteiger partial charge is 0.328 e. The van der Waals surface area contributed by atoms with E-state index in [0.717, 1.165) is 38.5 Å². The summed E-state index contributed by atoms with van der Waals surface area (Å²) in [5, 5.41) is 8.95. The molecular formula is C39H77O8P. The molecule has 0 rings (SSSR count). The molecule has 2 N–H and O–H groups in total. The van der Waals surface area contributed by atoms with Crippen LogP contribution in [0.5, 0.6) is 0 Å². The van der Waals surface area contributed by atoms with E-state index >= 15 is 0 Å². The van der Waals surface area contributed by atoms with Crippen LogP contribution in [0.1, 0.15) is 206 Å². The van der Waals surface area contributed by atoms with Gasteiger partial charge in [-0.25, -0.2) is 0 Å². The lowest BCUT2D eigenvalue weighted by atomic mass is 10.0. The Labute approximate surface area is 295 Å². The minimum Gasteiger partial charge on any atom is -0.462 e. The third-order valence-electron chi connectivity index (χ3n) is 9.01. The van der Waals surface area contributed by atoms with Crippen molar-refractivity contribution < 1.29 is 38.2 Å². The van der Waals surface area contributed by atoms with Crippen LogP contribution in [0.15, 0.2) is 0 Å². The highest BCUT2D eigenvalue weighted by Crippen LogP contribution is 2.42. The molecule has 0 aromatic carbocycles. The van der Waals surface area contributed by atoms with E-state index in [1.54, 1.807) is 0 Å². The Morgan fingerprint density at radius 1 is 0.521 bits per heavy atom. The average Bonchev–Trinajstić information content (AvgIpc) is 3.06. The summed E-state index contributed by atoms with van der Waals surface area (Å²) in [4.78, 5) is 35.1. The van der Waals surface area contributed by atoms with E-state index in [0.29, 0.717) is 19.3 Å². The summed E-state index contributed by atoms with van der Waals surface area (Å²) in [6.07, 6.45) is 32.1. The Morgan fingerprint density at radius 3 is 1.29 bits per heavy atom. The van der Waals surface area contributed by atoms with E-state index in [-0.39, 0.29) is 38.4 Å². The van der Waals surface area contributed by atoms with Gasteiger partial charge in [0.2, 0.25) is 0 Å². The first kappa shape index (κ1) is 47.0. The largest absolute Gasteiger partial charge is 0.462 e. The minimum absolute atomic E-state index is 0.0609. The Morgan fingerprint density at radius 2 is 0.896 bits per heavy atom. The highest BCUT2D eigenvalue weighted by Gasteiger charge is 2.24. The number of aliphatic hydroxyl groups excluding tert-OH is 1. The van der Waals surface area contributed by atoms with Crippen LogP contribution in [0.3, 0.4) is 0 Å². The number of hydrogen-bond donors (Lipinski definition) is 2. The summed E-state index contributed by atoms with van der Waals surface area (Å²) in [5.41, 5.74) is 0. The molecule has 0 saturated carbocycles. The van der Waals surface area contributed by atoms with Gasteiger partial charge in [0.05, 0.1) is 12.8 Å². The first-order valence-corrected chi connectivity index (χ1v) is 22.0. The summed E-state index contributed by atoms with van der Waals surface area (Å²) in [7, 11) is -3.90. The van der Waals surface area contributed by atoms with Crippen molar-refractivity contribution in [3.05, 3.63) is 0 Å². The van der Waals surface area contributed by atoms with Gasteiger partial charge in [-0.15, -0.1) is 0 Å². The van der Waals surface area contributed by atoms with Crippen LogP contribution in [0.25, 0.3) is 0 Å². The van der Waals surface area contributed by atoms with E-state index < -0.39 is 19.7 Å². The lowest BCUT2D eigenvalue weighted by molar-refractivity contribution is -0.161. The molecule has 0 aromatic rings. The van der Waals surface area contributed by atoms with Crippen LogP contribution in [0, 0.1) is 0 Å². The van der Waals surface area contributed by atoms with E-state index in [1.165, 1.54) is 128 Å². The maximum atomic E-state index is 12.6. The second-order valence-corrected chi connectivity index (χ2v) is 15.8. The normalized spacial score (nSPS) is 13.3. The maximum Gasteiger partial charge on any atom is 0.328 e. The molecule has 1 unspecified atom stereocenters. The van der Waals surface area contributed by atoms with Crippen molar-refractivity contribution in [3.8, 4) is 0 Å². The second-order valence-electron chi connectivity index (χ2n) is 13.9. The van der Waals surface area contributed by atoms with Gasteiger partial charge < -0.3 is 24.0 Å². The SMILES string of the molecule is CCCCCCCCCCCCCCCC(=O)OC[C@H](COP(=O)(O)CCCCO)OC(=O)CCCCCCCCCCCCCCC. The van der Waals surface area contributed by atoms with Crippen molar-refractivity contribution >= 4 is 19.5 Å². The molecule has 0 aliphatic heterocycles. The molecule has 0 spiro atoms. The predicted molar refractivity (Wildman–Crippen MR) is 198 cm³/mol. The fourth-order valence-corrected chi connectivity index (χ4v) is 7.03. The van der Waals surface area contributed by atoms with E-state index in [9.17, 15) is 19.0 Å². The number of rotatable bonds is 38. The molecule has 0 aliphatic rings. The Balaban J connectivity index is 4.24. The lowest BCUT2D eigenvalue weighted by Crippen LogP contribution is -2.29. The van der Waals surface area contributed by atoms with Gasteiger partial charge in [0.25, 0.3) is 0 Å². The molecule has 0 bridgehead atoms. The second kappa shape index (κ2) is 35.9. The Kier molecular flexibility index (Phi) is 35.2. The van der Waals surface area contributed by atoms with Crippen molar-refractivity contribution in [1.82, 2.24) is 0 Å². The number of ether oxygens (including phenoxy) is 2. The first-order valence-electron chi connectivity index (χ1n) is 20.3. The summed E-state index contributed by atoms with van der Waals surface area (Å²) < 4.78 is 28.6. The van der Waals surface area contributed by atoms with Gasteiger partial charge in [0, 0.05) is 19.4 Å². The molecule has 0 fully saturated rings. The molecule has 48 heavy (non-hydrogen) atoms. The number of unbranched alkanes of at least 4 members (excludes halogenated alkanes) is 25. The number of carbonyl (C=O) groups is 2. The highest BCUT2D eigenvalue weighted by molar-refractivity contribution is 7.52. The van der Waals surface area contributed by atoms with Crippen LogP contribution in [-0.2, 0) is 28.2 Å². The predicted octanol–water partition coefficient (Wildman–Crippen LogP) is 11.4. The van der Waals surface area contributed by atoms with Crippen LogP contribution in [0.2, 0.25) is 0 Å². The van der Waals surface area contributed by atoms with E-state index in [4.69, 9.17) is 19.1 Å². The Bertz CT molecular complexity index is 762. The van der Waals surface area contributed by atoms with Gasteiger partial charge in [0.1, 0.15) is 6.61 Å². The summed E-state index contributed by atoms with van der Waals surface area (Å²) in [6.45, 7) is 3.92. The first-order chi connectivity index (χ1) is 23.3. The zero-order chi connectivity index (χ0) is 35.4. The lowest BCUT2D eigenvalue weighted by Gasteiger charge is -2.20. The molecule has 8 nitrogen and oxygen atoms in total. The monoisotopic (exact) mass is 705 g/mol. The van der Waals surface area contributed by atoms with Crippen LogP contribution in [0.4, 0.5) is 0 Å². The average molecular weight is 705 g/mol. The third kappa shape index (κ3) is 34.9. The maximum absolute atomic E-state index is 12.6. The van der Waals surface area contributed by atoms with Crippen molar-refractivity contribution in [2.45, 2.75) is 213 Å². The van der Waals surface area contributed by atoms with Crippen LogP contribution < -0.4 is 0 Å². The zero-order valence-corrected chi connectivity index (χ0v) is 32.3. The van der Waals surface area contributed by atoms with Gasteiger partial charge in [0.15, 0.2) is 6.10 Å². The Hall–Kier alpha value is -0.950. The number of esters is 2. The summed E-state index contributed by atoms with van der Waals surface area (Å²) in [5.74, 6) is -0.766. The van der Waals surface area contributed by atoms with Gasteiger partial charge in [-0.2, -0.15) is 0 Å². The van der Waals surface area contributed by atoms with Gasteiger partial charge in [-0.05, 0) is 25.7 Å². The minimum atomic E-state index is -3.90. The number of carbonyl (C=O) groups excluding carboxylic acids is 2. The third-order valence-corrected chi connectivity index (χ3v) is 10.4. The molecule has 2 atom stereocenters. The highest BCUT2D eigenvalue weighted by atomic mass is 31.2. The fraction of sp³-hybridized carbons (Fsp3) is 0.949. The van der Waals surface area contributed by atoms with Crippen LogP contribution >= 0.6 is 7.60 Å². The van der Waals surface area contributed by atoms with Crippen molar-refractivity contribution in [2.75, 3.05) is 26.0 Å². The molecule has 0 saturated heterocycles. The van der Waals surface area contributed by atoms with E-state index in [1.807, 2.05) is 0 Å². The van der Waals surface area contributed by atoms with Crippen LogP contribution in [-0.4, -0.2) is 54.0 Å². The van der Waals surface area contributed by atoms with E-state index in [2.05, 4.69) is 13.8 Å². The molecule has 9 heteroatoms. The number of hydrogen-bond acceptors (Lipinski definition) is 7. The van der Waals surface area contributed by atoms with Gasteiger partial charge in [-0.3, -0.25) is 14.2 Å². The summed E-state index contributed by atoms with van der Waals surface area (Å²) in [6, 6.07) is 0. The molecule has 0 heterocycles. The molecular weight excluding hydrogens is 627 g/mol. The standard InChI is InChI=1S/C39H77O8P/c1-3-5-7-9-11-13-15-17-19-21-23-25-27-31-38(41)45-35-37(36-46-48(43,44)34-30-29-33-40)47-39(42)32-28-26-24-22-20-18-16-14-12-10-8-6-4-2/h37,40H,3-36H2,1-2H3,(H,43,44)/t37-/m1/s1. The zero-order valence-electron chi connectivity index (χ0n) is 31.4. The fourth-order valence-electron chi connectivity index (χ4n) is 5.88. The molecule has 0 radical (unpaired) electrons. The van der Waals surface area contributed by atoms with Crippen molar-refractivity contribution in [1.29, 1.82) is 0 Å². The quantitative estimate of drug-likeness (QED) is 0.0370. The van der Waals surface area contributed by atoms with Gasteiger partial charge >= 0.3 is 19.5 Å². The molecule has 286 valence electrons. The van der Waals surface area contributed by atoms with Crippen molar-refractivity contribution in [2.24, 2.45) is 0 Å². The summed E-state index contributed by atoms with van der Waals surface area (Å²) >= 11 is 0.